The predicted molar refractivity (Wildman–Crippen MR) is 56.1 cm³/mol. The molecule has 15 heavy (non-hydrogen) atoms. The summed E-state index contributed by atoms with van der Waals surface area (Å²) in [6.45, 7) is 4.27. The molecule has 0 aliphatic carbocycles. The number of allylic oxidation sites excluding steroid dienone is 1. The van der Waals surface area contributed by atoms with E-state index in [1.807, 2.05) is 0 Å². The molecule has 0 unspecified atom stereocenters. The number of carbonyl (C=O) groups is 2. The average molecular weight is 211 g/mol. The third-order valence-corrected chi connectivity index (χ3v) is 2.69. The van der Waals surface area contributed by atoms with Gasteiger partial charge in [0.15, 0.2) is 0 Å². The Kier molecular flexibility index (Phi) is 3.88. The van der Waals surface area contributed by atoms with E-state index in [1.165, 1.54) is 11.0 Å². The van der Waals surface area contributed by atoms with Gasteiger partial charge in [-0.2, -0.15) is 0 Å². The standard InChI is InChI=1S/C11H17NO3/c1-3-5-8-6-10(13)12(7-8)9(4-2)11(14)15/h4,8H,3,5-7H2,1-2H3,(H,14,15)/b9-4+/t8-/m0/s1. The van der Waals surface area contributed by atoms with Crippen LogP contribution in [0.1, 0.15) is 33.1 Å². The van der Waals surface area contributed by atoms with Crippen molar-refractivity contribution < 1.29 is 14.7 Å². The molecule has 1 aliphatic rings. The zero-order chi connectivity index (χ0) is 11.4. The van der Waals surface area contributed by atoms with E-state index in [9.17, 15) is 9.59 Å². The second kappa shape index (κ2) is 4.96. The van der Waals surface area contributed by atoms with Crippen molar-refractivity contribution in [2.24, 2.45) is 5.92 Å². The van der Waals surface area contributed by atoms with Gasteiger partial charge < -0.3 is 10.0 Å². The summed E-state index contributed by atoms with van der Waals surface area (Å²) in [5.41, 5.74) is 0.110. The van der Waals surface area contributed by atoms with Gasteiger partial charge >= 0.3 is 5.97 Å². The minimum atomic E-state index is -1.03. The fraction of sp³-hybridized carbons (Fsp3) is 0.636. The molecular weight excluding hydrogens is 194 g/mol. The summed E-state index contributed by atoms with van der Waals surface area (Å²) >= 11 is 0. The molecule has 0 aromatic carbocycles. The lowest BCUT2D eigenvalue weighted by Gasteiger charge is -2.16. The molecule has 0 aromatic rings. The molecular formula is C11H17NO3. The van der Waals surface area contributed by atoms with Crippen LogP contribution < -0.4 is 0 Å². The number of carboxylic acids is 1. The van der Waals surface area contributed by atoms with Gasteiger partial charge in [0.2, 0.25) is 5.91 Å². The van der Waals surface area contributed by atoms with E-state index in [2.05, 4.69) is 6.92 Å². The summed E-state index contributed by atoms with van der Waals surface area (Å²) in [4.78, 5) is 23.8. The van der Waals surface area contributed by atoms with E-state index < -0.39 is 5.97 Å². The highest BCUT2D eigenvalue weighted by molar-refractivity contribution is 5.93. The molecule has 4 nitrogen and oxygen atoms in total. The Morgan fingerprint density at radius 2 is 2.33 bits per heavy atom. The molecule has 84 valence electrons. The minimum Gasteiger partial charge on any atom is -0.477 e. The number of rotatable bonds is 4. The Morgan fingerprint density at radius 3 is 2.80 bits per heavy atom. The lowest BCUT2D eigenvalue weighted by molar-refractivity contribution is -0.138. The average Bonchev–Trinajstić information content (AvgIpc) is 2.49. The van der Waals surface area contributed by atoms with Gasteiger partial charge in [0.25, 0.3) is 0 Å². The molecule has 1 amide bonds. The first-order valence-corrected chi connectivity index (χ1v) is 5.30. The first-order valence-electron chi connectivity index (χ1n) is 5.30. The molecule has 4 heteroatoms. The number of likely N-dealkylation sites (tertiary alicyclic amines) is 1. The third-order valence-electron chi connectivity index (χ3n) is 2.69. The van der Waals surface area contributed by atoms with Crippen molar-refractivity contribution in [3.8, 4) is 0 Å². The Hall–Kier alpha value is -1.32. The van der Waals surface area contributed by atoms with Gasteiger partial charge in [0.1, 0.15) is 5.70 Å². The van der Waals surface area contributed by atoms with E-state index in [4.69, 9.17) is 5.11 Å². The molecule has 0 spiro atoms. The number of carboxylic acid groups (broad SMARTS) is 1. The number of aliphatic carboxylic acids is 1. The van der Waals surface area contributed by atoms with Crippen molar-refractivity contribution >= 4 is 11.9 Å². The zero-order valence-electron chi connectivity index (χ0n) is 9.19. The van der Waals surface area contributed by atoms with E-state index >= 15 is 0 Å². The van der Waals surface area contributed by atoms with E-state index in [0.717, 1.165) is 12.8 Å². The fourth-order valence-corrected chi connectivity index (χ4v) is 2.01. The Bertz CT molecular complexity index is 296. The van der Waals surface area contributed by atoms with Gasteiger partial charge in [-0.15, -0.1) is 0 Å². The van der Waals surface area contributed by atoms with Crippen LogP contribution in [0.5, 0.6) is 0 Å². The zero-order valence-corrected chi connectivity index (χ0v) is 9.19. The Labute approximate surface area is 89.6 Å². The number of nitrogens with zero attached hydrogens (tertiary/aromatic N) is 1. The van der Waals surface area contributed by atoms with Crippen LogP contribution >= 0.6 is 0 Å². The van der Waals surface area contributed by atoms with Gasteiger partial charge in [0.05, 0.1) is 0 Å². The largest absolute Gasteiger partial charge is 0.477 e. The van der Waals surface area contributed by atoms with Crippen molar-refractivity contribution in [3.05, 3.63) is 11.8 Å². The highest BCUT2D eigenvalue weighted by atomic mass is 16.4. The second-order valence-corrected chi connectivity index (χ2v) is 3.84. The number of carbonyl (C=O) groups excluding carboxylic acids is 1. The highest BCUT2D eigenvalue weighted by Crippen LogP contribution is 2.25. The molecule has 0 radical (unpaired) electrons. The molecule has 0 aromatic heterocycles. The maximum atomic E-state index is 11.6. The molecule has 0 saturated carbocycles. The van der Waals surface area contributed by atoms with Crippen molar-refractivity contribution in [2.45, 2.75) is 33.1 Å². The molecule has 1 saturated heterocycles. The summed E-state index contributed by atoms with van der Waals surface area (Å²) < 4.78 is 0. The molecule has 1 atom stereocenters. The molecule has 0 bridgehead atoms. The van der Waals surface area contributed by atoms with Crippen molar-refractivity contribution in [3.63, 3.8) is 0 Å². The molecule has 1 rings (SSSR count). The lowest BCUT2D eigenvalue weighted by atomic mass is 10.0. The summed E-state index contributed by atoms with van der Waals surface area (Å²) in [6.07, 6.45) is 3.98. The van der Waals surface area contributed by atoms with E-state index in [1.54, 1.807) is 6.92 Å². The first-order chi connectivity index (χ1) is 7.10. The van der Waals surface area contributed by atoms with Crippen LogP contribution in [0.2, 0.25) is 0 Å². The fourth-order valence-electron chi connectivity index (χ4n) is 2.01. The van der Waals surface area contributed by atoms with Crippen molar-refractivity contribution in [1.82, 2.24) is 4.90 Å². The van der Waals surface area contributed by atoms with Gasteiger partial charge in [-0.3, -0.25) is 4.79 Å². The van der Waals surface area contributed by atoms with E-state index in [0.29, 0.717) is 18.9 Å². The molecule has 1 aliphatic heterocycles. The van der Waals surface area contributed by atoms with Crippen LogP contribution in [0, 0.1) is 5.92 Å². The quantitative estimate of drug-likeness (QED) is 0.719. The number of hydrogen-bond donors (Lipinski definition) is 1. The normalized spacial score (nSPS) is 22.3. The Morgan fingerprint density at radius 1 is 1.67 bits per heavy atom. The SMILES string of the molecule is C/C=C(\C(=O)O)N1C[C@@H](CCC)CC1=O. The third kappa shape index (κ3) is 2.58. The Balaban J connectivity index is 2.72. The van der Waals surface area contributed by atoms with Crippen LogP contribution in [0.25, 0.3) is 0 Å². The van der Waals surface area contributed by atoms with Crippen LogP contribution in [0.4, 0.5) is 0 Å². The van der Waals surface area contributed by atoms with Crippen LogP contribution in [0.15, 0.2) is 11.8 Å². The predicted octanol–water partition coefficient (Wildman–Crippen LogP) is 1.62. The first kappa shape index (κ1) is 11.8. The van der Waals surface area contributed by atoms with Crippen LogP contribution in [-0.4, -0.2) is 28.4 Å². The van der Waals surface area contributed by atoms with Gasteiger partial charge in [0, 0.05) is 13.0 Å². The van der Waals surface area contributed by atoms with Gasteiger partial charge in [-0.25, -0.2) is 4.79 Å². The summed E-state index contributed by atoms with van der Waals surface area (Å²) in [5.74, 6) is -0.774. The maximum Gasteiger partial charge on any atom is 0.352 e. The summed E-state index contributed by atoms with van der Waals surface area (Å²) in [7, 11) is 0. The second-order valence-electron chi connectivity index (χ2n) is 3.84. The number of amides is 1. The van der Waals surface area contributed by atoms with Crippen molar-refractivity contribution in [2.75, 3.05) is 6.54 Å². The maximum absolute atomic E-state index is 11.6. The van der Waals surface area contributed by atoms with E-state index in [-0.39, 0.29) is 11.6 Å². The van der Waals surface area contributed by atoms with Gasteiger partial charge in [-0.05, 0) is 19.3 Å². The highest BCUT2D eigenvalue weighted by Gasteiger charge is 2.33. The smallest absolute Gasteiger partial charge is 0.352 e. The topological polar surface area (TPSA) is 57.6 Å². The summed E-state index contributed by atoms with van der Waals surface area (Å²) in [5, 5.41) is 8.91. The molecule has 1 N–H and O–H groups in total. The molecule has 1 fully saturated rings. The lowest BCUT2D eigenvalue weighted by Crippen LogP contribution is -2.28. The molecule has 1 heterocycles. The number of hydrogen-bond acceptors (Lipinski definition) is 2. The monoisotopic (exact) mass is 211 g/mol. The summed E-state index contributed by atoms with van der Waals surface area (Å²) in [6, 6.07) is 0. The minimum absolute atomic E-state index is 0.0658. The van der Waals surface area contributed by atoms with Gasteiger partial charge in [-0.1, -0.05) is 19.4 Å². The van der Waals surface area contributed by atoms with Crippen LogP contribution in [0.3, 0.4) is 0 Å². The van der Waals surface area contributed by atoms with Crippen LogP contribution in [-0.2, 0) is 9.59 Å². The van der Waals surface area contributed by atoms with Crippen molar-refractivity contribution in [1.29, 1.82) is 0 Å².